The topological polar surface area (TPSA) is 238 Å². The van der Waals surface area contributed by atoms with Crippen molar-refractivity contribution in [3.05, 3.63) is 0 Å². The maximum absolute atomic E-state index is 13.0. The van der Waals surface area contributed by atoms with Gasteiger partial charge in [0.2, 0.25) is 17.7 Å². The summed E-state index contributed by atoms with van der Waals surface area (Å²) >= 11 is 3.87. The van der Waals surface area contributed by atoms with Gasteiger partial charge in [0.1, 0.15) is 18.1 Å². The molecule has 0 spiro atoms. The molecule has 1 fully saturated rings. The van der Waals surface area contributed by atoms with E-state index in [0.717, 1.165) is 6.42 Å². The van der Waals surface area contributed by atoms with Gasteiger partial charge in [-0.05, 0) is 38.6 Å². The number of amides is 3. The van der Waals surface area contributed by atoms with E-state index in [0.29, 0.717) is 19.4 Å². The molecule has 3 amide bonds. The number of aliphatic carboxylic acids is 2. The van der Waals surface area contributed by atoms with E-state index < -0.39 is 54.3 Å². The van der Waals surface area contributed by atoms with E-state index in [1.54, 1.807) is 0 Å². The number of thiol groups is 1. The highest BCUT2D eigenvalue weighted by atomic mass is 32.1. The molecule has 4 unspecified atom stereocenters. The normalized spacial score (nSPS) is 17.6. The number of guanidine groups is 1. The van der Waals surface area contributed by atoms with Crippen molar-refractivity contribution in [3.63, 3.8) is 0 Å². The standard InChI is InChI=1S/C19H33N7O7S/c20-19(21)23-8-2-4-11(24-15(29)10-3-1-7-22-10)16(30)25-12(5-6-14(27)28)17(31)26-13(9-34)18(32)33/h10-13,22,34H,1-9H2,(H,24,29)(H,25,30)(H,26,31)(H,27,28)(H,32,33)(H4,20,21,23). The van der Waals surface area contributed by atoms with Crippen molar-refractivity contribution in [2.45, 2.75) is 62.7 Å². The summed E-state index contributed by atoms with van der Waals surface area (Å²) in [7, 11) is 0. The minimum Gasteiger partial charge on any atom is -0.481 e. The van der Waals surface area contributed by atoms with E-state index in [4.69, 9.17) is 21.7 Å². The molecular formula is C19H33N7O7S. The Balaban J connectivity index is 2.94. The van der Waals surface area contributed by atoms with E-state index in [1.807, 2.05) is 0 Å². The third-order valence-electron chi connectivity index (χ3n) is 5.03. The number of nitrogens with two attached hydrogens (primary N) is 2. The van der Waals surface area contributed by atoms with E-state index in [-0.39, 0.29) is 37.0 Å². The Morgan fingerprint density at radius 1 is 1.00 bits per heavy atom. The fourth-order valence-electron chi connectivity index (χ4n) is 3.22. The third-order valence-corrected chi connectivity index (χ3v) is 5.40. The maximum atomic E-state index is 13.0. The lowest BCUT2D eigenvalue weighted by molar-refractivity contribution is -0.142. The molecule has 10 N–H and O–H groups in total. The lowest BCUT2D eigenvalue weighted by Crippen LogP contribution is -2.57. The predicted octanol–water partition coefficient (Wildman–Crippen LogP) is -2.87. The van der Waals surface area contributed by atoms with Gasteiger partial charge in [0.25, 0.3) is 0 Å². The number of aliphatic imine (C=N–C) groups is 1. The quantitative estimate of drug-likeness (QED) is 0.0479. The van der Waals surface area contributed by atoms with Crippen molar-refractivity contribution in [1.29, 1.82) is 0 Å². The molecule has 0 bridgehead atoms. The predicted molar refractivity (Wildman–Crippen MR) is 125 cm³/mol. The Kier molecular flexibility index (Phi) is 12.7. The van der Waals surface area contributed by atoms with Crippen molar-refractivity contribution in [3.8, 4) is 0 Å². The molecular weight excluding hydrogens is 470 g/mol. The van der Waals surface area contributed by atoms with Crippen molar-refractivity contribution in [2.75, 3.05) is 18.8 Å². The number of carboxylic acid groups (broad SMARTS) is 2. The zero-order valence-corrected chi connectivity index (χ0v) is 19.6. The van der Waals surface area contributed by atoms with Crippen LogP contribution < -0.4 is 32.7 Å². The van der Waals surface area contributed by atoms with Crippen LogP contribution in [0.3, 0.4) is 0 Å². The highest BCUT2D eigenvalue weighted by Gasteiger charge is 2.31. The smallest absolute Gasteiger partial charge is 0.327 e. The molecule has 15 heteroatoms. The number of nitrogens with one attached hydrogen (secondary N) is 4. The number of rotatable bonds is 15. The Morgan fingerprint density at radius 3 is 2.12 bits per heavy atom. The molecule has 1 rings (SSSR count). The van der Waals surface area contributed by atoms with E-state index in [2.05, 4.69) is 38.9 Å². The average Bonchev–Trinajstić information content (AvgIpc) is 3.31. The van der Waals surface area contributed by atoms with Crippen LogP contribution in [0.2, 0.25) is 0 Å². The summed E-state index contributed by atoms with van der Waals surface area (Å²) < 4.78 is 0. The molecule has 0 saturated carbocycles. The van der Waals surface area contributed by atoms with Crippen molar-refractivity contribution in [2.24, 2.45) is 16.5 Å². The molecule has 192 valence electrons. The summed E-state index contributed by atoms with van der Waals surface area (Å²) in [6.07, 6.45) is 1.16. The van der Waals surface area contributed by atoms with Crippen LogP contribution in [-0.4, -0.2) is 88.8 Å². The summed E-state index contributed by atoms with van der Waals surface area (Å²) in [5.74, 6) is -4.85. The van der Waals surface area contributed by atoms with Crippen LogP contribution in [0.1, 0.15) is 38.5 Å². The molecule has 34 heavy (non-hydrogen) atoms. The van der Waals surface area contributed by atoms with Gasteiger partial charge in [0, 0.05) is 18.7 Å². The lowest BCUT2D eigenvalue weighted by atomic mass is 10.1. The first-order valence-electron chi connectivity index (χ1n) is 10.8. The minimum absolute atomic E-state index is 0.122. The number of carbonyl (C=O) groups excluding carboxylic acids is 3. The van der Waals surface area contributed by atoms with Gasteiger partial charge in [-0.25, -0.2) is 4.79 Å². The average molecular weight is 504 g/mol. The van der Waals surface area contributed by atoms with E-state index in [1.165, 1.54) is 0 Å². The van der Waals surface area contributed by atoms with Gasteiger partial charge in [-0.15, -0.1) is 0 Å². The van der Waals surface area contributed by atoms with Gasteiger partial charge in [-0.1, -0.05) is 0 Å². The fraction of sp³-hybridized carbons (Fsp3) is 0.684. The van der Waals surface area contributed by atoms with Crippen LogP contribution in [0.4, 0.5) is 0 Å². The lowest BCUT2D eigenvalue weighted by Gasteiger charge is -2.24. The van der Waals surface area contributed by atoms with Gasteiger partial charge < -0.3 is 42.9 Å². The molecule has 1 saturated heterocycles. The monoisotopic (exact) mass is 503 g/mol. The summed E-state index contributed by atoms with van der Waals surface area (Å²) in [4.78, 5) is 64.2. The molecule has 0 radical (unpaired) electrons. The van der Waals surface area contributed by atoms with Crippen LogP contribution in [0, 0.1) is 0 Å². The van der Waals surface area contributed by atoms with Gasteiger partial charge in [-0.2, -0.15) is 12.6 Å². The summed E-state index contributed by atoms with van der Waals surface area (Å²) in [6.45, 7) is 0.877. The fourth-order valence-corrected chi connectivity index (χ4v) is 3.47. The molecule has 14 nitrogen and oxygen atoms in total. The second kappa shape index (κ2) is 15.0. The van der Waals surface area contributed by atoms with E-state index >= 15 is 0 Å². The molecule has 1 heterocycles. The summed E-state index contributed by atoms with van der Waals surface area (Å²) in [6, 6.07) is -4.18. The van der Waals surface area contributed by atoms with Crippen LogP contribution in [-0.2, 0) is 24.0 Å². The largest absolute Gasteiger partial charge is 0.481 e. The highest BCUT2D eigenvalue weighted by Crippen LogP contribution is 2.08. The Labute approximate surface area is 202 Å². The van der Waals surface area contributed by atoms with Gasteiger partial charge in [0.05, 0.1) is 6.04 Å². The Bertz CT molecular complexity index is 770. The van der Waals surface area contributed by atoms with Crippen LogP contribution in [0.15, 0.2) is 4.99 Å². The van der Waals surface area contributed by atoms with Gasteiger partial charge in [0.15, 0.2) is 5.96 Å². The van der Waals surface area contributed by atoms with Gasteiger partial charge >= 0.3 is 11.9 Å². The van der Waals surface area contributed by atoms with Gasteiger partial charge in [-0.3, -0.25) is 24.2 Å². The van der Waals surface area contributed by atoms with Crippen LogP contribution in [0.5, 0.6) is 0 Å². The molecule has 0 aromatic carbocycles. The number of nitrogens with zero attached hydrogens (tertiary/aromatic N) is 1. The molecule has 1 aliphatic heterocycles. The first kappa shape index (κ1) is 29.0. The summed E-state index contributed by atoms with van der Waals surface area (Å²) in [5.41, 5.74) is 10.6. The molecule has 0 aromatic rings. The first-order valence-corrected chi connectivity index (χ1v) is 11.4. The number of carboxylic acids is 2. The number of carbonyl (C=O) groups is 5. The SMILES string of the molecule is NC(N)=NCCCC(NC(=O)C1CCCN1)C(=O)NC(CCC(=O)O)C(=O)NC(CS)C(=O)O. The zero-order valence-electron chi connectivity index (χ0n) is 18.7. The molecule has 4 atom stereocenters. The molecule has 0 aliphatic carbocycles. The minimum atomic E-state index is -1.34. The second-order valence-corrected chi connectivity index (χ2v) is 8.10. The Morgan fingerprint density at radius 2 is 1.62 bits per heavy atom. The van der Waals surface area contributed by atoms with Crippen molar-refractivity contribution < 1.29 is 34.2 Å². The highest BCUT2D eigenvalue weighted by molar-refractivity contribution is 7.80. The zero-order chi connectivity index (χ0) is 25.7. The van der Waals surface area contributed by atoms with Crippen molar-refractivity contribution in [1.82, 2.24) is 21.3 Å². The second-order valence-electron chi connectivity index (χ2n) is 7.73. The first-order chi connectivity index (χ1) is 16.0. The molecule has 0 aromatic heterocycles. The molecule has 1 aliphatic rings. The van der Waals surface area contributed by atoms with Crippen molar-refractivity contribution >= 4 is 48.2 Å². The van der Waals surface area contributed by atoms with E-state index in [9.17, 15) is 24.0 Å². The Hall–Kier alpha value is -3.07. The number of hydrogen-bond acceptors (Lipinski definition) is 8. The van der Waals surface area contributed by atoms with Crippen LogP contribution in [0.25, 0.3) is 0 Å². The third kappa shape index (κ3) is 10.7. The summed E-state index contributed by atoms with van der Waals surface area (Å²) in [5, 5.41) is 28.4. The number of hydrogen-bond donors (Lipinski definition) is 9. The van der Waals surface area contributed by atoms with Crippen LogP contribution >= 0.6 is 12.6 Å². The maximum Gasteiger partial charge on any atom is 0.327 e.